The first kappa shape index (κ1) is 17.3. The number of thioether (sulfide) groups is 1. The Bertz CT molecular complexity index is 920. The van der Waals surface area contributed by atoms with Crippen molar-refractivity contribution in [1.29, 1.82) is 0 Å². The highest BCUT2D eigenvalue weighted by Gasteiger charge is 2.16. The Hall–Kier alpha value is -2.52. The number of carbonyl (C=O) groups excluding carboxylic acids is 1. The van der Waals surface area contributed by atoms with E-state index in [9.17, 15) is 4.79 Å². The van der Waals surface area contributed by atoms with Gasteiger partial charge in [-0.15, -0.1) is 10.2 Å². The lowest BCUT2D eigenvalue weighted by Gasteiger charge is -2.06. The number of benzene rings is 1. The molecular formula is C15H16ClN7OS. The third-order valence-electron chi connectivity index (χ3n) is 3.29. The first-order valence-electron chi connectivity index (χ1n) is 7.36. The van der Waals surface area contributed by atoms with Crippen LogP contribution in [-0.4, -0.2) is 36.3 Å². The molecule has 0 fully saturated rings. The smallest absolute Gasteiger partial charge is 0.271 e. The third kappa shape index (κ3) is 3.94. The summed E-state index contributed by atoms with van der Waals surface area (Å²) in [7, 11) is 0. The number of aryl methyl sites for hydroxylation is 2. The maximum absolute atomic E-state index is 12.1. The number of aromatic nitrogens is 5. The molecule has 130 valence electrons. The van der Waals surface area contributed by atoms with Gasteiger partial charge in [0.05, 0.1) is 11.4 Å². The van der Waals surface area contributed by atoms with E-state index in [1.165, 1.54) is 16.4 Å². The molecule has 1 amide bonds. The number of nitrogens with two attached hydrogens (primary N) is 1. The van der Waals surface area contributed by atoms with E-state index in [2.05, 4.69) is 20.6 Å². The van der Waals surface area contributed by atoms with Gasteiger partial charge in [-0.3, -0.25) is 4.79 Å². The number of halogens is 1. The fraction of sp³-hybridized carbons (Fsp3) is 0.200. The van der Waals surface area contributed by atoms with E-state index in [-0.39, 0.29) is 11.7 Å². The van der Waals surface area contributed by atoms with Crippen molar-refractivity contribution in [2.24, 2.45) is 0 Å². The maximum atomic E-state index is 12.1. The monoisotopic (exact) mass is 377 g/mol. The molecule has 25 heavy (non-hydrogen) atoms. The van der Waals surface area contributed by atoms with Gasteiger partial charge >= 0.3 is 0 Å². The summed E-state index contributed by atoms with van der Waals surface area (Å²) >= 11 is 7.08. The number of rotatable bonds is 5. The number of anilines is 1. The van der Waals surface area contributed by atoms with E-state index in [0.29, 0.717) is 21.8 Å². The van der Waals surface area contributed by atoms with Crippen LogP contribution >= 0.6 is 23.4 Å². The molecule has 10 heteroatoms. The molecule has 0 bridgehead atoms. The Morgan fingerprint density at radius 2 is 2.12 bits per heavy atom. The van der Waals surface area contributed by atoms with Crippen LogP contribution < -0.4 is 11.2 Å². The Labute approximate surface area is 153 Å². The van der Waals surface area contributed by atoms with Crippen molar-refractivity contribution >= 4 is 35.0 Å². The minimum absolute atomic E-state index is 0.138. The van der Waals surface area contributed by atoms with Crippen molar-refractivity contribution in [3.63, 3.8) is 0 Å². The molecule has 0 aliphatic rings. The van der Waals surface area contributed by atoms with Crippen molar-refractivity contribution in [3.05, 3.63) is 46.7 Å². The zero-order valence-electron chi connectivity index (χ0n) is 13.6. The van der Waals surface area contributed by atoms with Gasteiger partial charge < -0.3 is 11.2 Å². The summed E-state index contributed by atoms with van der Waals surface area (Å²) in [6.45, 7) is 3.79. The quantitative estimate of drug-likeness (QED) is 0.521. The molecule has 0 aliphatic carbocycles. The second-order valence-corrected chi connectivity index (χ2v) is 6.72. The SMILES string of the molecule is Cc1cc(C)n(-c2nnc(SCC(=O)Nc3cccc(Cl)c3)n2N)n1. The first-order valence-corrected chi connectivity index (χ1v) is 8.73. The van der Waals surface area contributed by atoms with Crippen LogP contribution in [0.15, 0.2) is 35.5 Å². The van der Waals surface area contributed by atoms with E-state index >= 15 is 0 Å². The average molecular weight is 378 g/mol. The van der Waals surface area contributed by atoms with Crippen LogP contribution in [0.3, 0.4) is 0 Å². The third-order valence-corrected chi connectivity index (χ3v) is 4.46. The Balaban J connectivity index is 1.66. The number of amides is 1. The molecule has 3 N–H and O–H groups in total. The molecule has 3 rings (SSSR count). The minimum atomic E-state index is -0.192. The van der Waals surface area contributed by atoms with Gasteiger partial charge in [-0.1, -0.05) is 29.4 Å². The van der Waals surface area contributed by atoms with Gasteiger partial charge in [-0.2, -0.15) is 5.10 Å². The van der Waals surface area contributed by atoms with Gasteiger partial charge in [0.2, 0.25) is 11.1 Å². The van der Waals surface area contributed by atoms with Crippen LogP contribution in [0.4, 0.5) is 5.69 Å². The van der Waals surface area contributed by atoms with E-state index in [0.717, 1.165) is 11.4 Å². The van der Waals surface area contributed by atoms with Crippen molar-refractivity contribution in [2.45, 2.75) is 19.0 Å². The highest BCUT2D eigenvalue weighted by Crippen LogP contribution is 2.19. The van der Waals surface area contributed by atoms with Gasteiger partial charge in [-0.25, -0.2) is 9.36 Å². The molecule has 3 aromatic rings. The van der Waals surface area contributed by atoms with Gasteiger partial charge in [0.15, 0.2) is 0 Å². The summed E-state index contributed by atoms with van der Waals surface area (Å²) in [6, 6.07) is 8.86. The number of carbonyl (C=O) groups is 1. The van der Waals surface area contributed by atoms with Crippen LogP contribution in [0.25, 0.3) is 5.95 Å². The van der Waals surface area contributed by atoms with E-state index in [1.807, 2.05) is 19.9 Å². The first-order chi connectivity index (χ1) is 11.9. The topological polar surface area (TPSA) is 104 Å². The Morgan fingerprint density at radius 1 is 1.32 bits per heavy atom. The lowest BCUT2D eigenvalue weighted by atomic mass is 10.3. The largest absolute Gasteiger partial charge is 0.334 e. The van der Waals surface area contributed by atoms with Crippen LogP contribution in [0.5, 0.6) is 0 Å². The number of hydrogen-bond acceptors (Lipinski definition) is 6. The zero-order valence-corrected chi connectivity index (χ0v) is 15.2. The fourth-order valence-electron chi connectivity index (χ4n) is 2.24. The Morgan fingerprint density at radius 3 is 2.80 bits per heavy atom. The number of nitrogens with one attached hydrogen (secondary N) is 1. The van der Waals surface area contributed by atoms with Gasteiger partial charge in [0.1, 0.15) is 0 Å². The molecule has 2 heterocycles. The predicted molar refractivity (Wildman–Crippen MR) is 97.6 cm³/mol. The predicted octanol–water partition coefficient (Wildman–Crippen LogP) is 2.18. The number of nitrogens with zero attached hydrogens (tertiary/aromatic N) is 5. The highest BCUT2D eigenvalue weighted by atomic mass is 35.5. The highest BCUT2D eigenvalue weighted by molar-refractivity contribution is 7.99. The van der Waals surface area contributed by atoms with Crippen molar-refractivity contribution in [2.75, 3.05) is 16.9 Å². The van der Waals surface area contributed by atoms with Crippen molar-refractivity contribution < 1.29 is 4.79 Å². The van der Waals surface area contributed by atoms with Gasteiger partial charge in [0, 0.05) is 16.4 Å². The molecule has 0 spiro atoms. The molecule has 1 aromatic carbocycles. The molecule has 0 atom stereocenters. The lowest BCUT2D eigenvalue weighted by molar-refractivity contribution is -0.113. The molecule has 0 radical (unpaired) electrons. The van der Waals surface area contributed by atoms with Crippen LogP contribution in [0.2, 0.25) is 5.02 Å². The second kappa shape index (κ2) is 7.16. The standard InChI is InChI=1S/C15H16ClN7OS/c1-9-6-10(2)23(21-9)14-19-20-15(22(14)17)25-8-13(24)18-12-5-3-4-11(16)7-12/h3-7H,8,17H2,1-2H3,(H,18,24). The summed E-state index contributed by atoms with van der Waals surface area (Å²) in [5.41, 5.74) is 2.39. The maximum Gasteiger partial charge on any atom is 0.271 e. The molecular weight excluding hydrogens is 362 g/mol. The van der Waals surface area contributed by atoms with Crippen LogP contribution in [0, 0.1) is 13.8 Å². The molecule has 8 nitrogen and oxygen atoms in total. The van der Waals surface area contributed by atoms with Crippen LogP contribution in [-0.2, 0) is 4.79 Å². The molecule has 0 saturated carbocycles. The fourth-order valence-corrected chi connectivity index (χ4v) is 3.08. The molecule has 0 aliphatic heterocycles. The lowest BCUT2D eigenvalue weighted by Crippen LogP contribution is -2.18. The molecule has 0 saturated heterocycles. The number of nitrogen functional groups attached to an aromatic ring is 1. The van der Waals surface area contributed by atoms with E-state index < -0.39 is 0 Å². The normalized spacial score (nSPS) is 10.8. The van der Waals surface area contributed by atoms with Crippen molar-refractivity contribution in [3.8, 4) is 5.95 Å². The summed E-state index contributed by atoms with van der Waals surface area (Å²) in [4.78, 5) is 12.1. The second-order valence-electron chi connectivity index (χ2n) is 5.34. The molecule has 0 unspecified atom stereocenters. The molecule has 2 aromatic heterocycles. The summed E-state index contributed by atoms with van der Waals surface area (Å²) in [5.74, 6) is 6.37. The van der Waals surface area contributed by atoms with Crippen molar-refractivity contribution in [1.82, 2.24) is 24.7 Å². The van der Waals surface area contributed by atoms with Gasteiger partial charge in [0.25, 0.3) is 5.95 Å². The number of hydrogen-bond donors (Lipinski definition) is 2. The van der Waals surface area contributed by atoms with Gasteiger partial charge in [-0.05, 0) is 38.1 Å². The van der Waals surface area contributed by atoms with E-state index in [1.54, 1.807) is 28.9 Å². The zero-order chi connectivity index (χ0) is 18.0. The van der Waals surface area contributed by atoms with E-state index in [4.69, 9.17) is 17.4 Å². The minimum Gasteiger partial charge on any atom is -0.334 e. The average Bonchev–Trinajstić information content (AvgIpc) is 3.07. The summed E-state index contributed by atoms with van der Waals surface area (Å²) in [5, 5.41) is 16.1. The summed E-state index contributed by atoms with van der Waals surface area (Å²) < 4.78 is 2.93. The van der Waals surface area contributed by atoms with Crippen LogP contribution in [0.1, 0.15) is 11.4 Å². The Kier molecular flexibility index (Phi) is 4.95. The summed E-state index contributed by atoms with van der Waals surface area (Å²) in [6.07, 6.45) is 0.